The van der Waals surface area contributed by atoms with Gasteiger partial charge in [0.15, 0.2) is 0 Å². The number of anilines is 1. The molecule has 1 aromatic carbocycles. The van der Waals surface area contributed by atoms with Crippen molar-refractivity contribution in [1.29, 1.82) is 0 Å². The first-order chi connectivity index (χ1) is 12.3. The van der Waals surface area contributed by atoms with Gasteiger partial charge in [-0.3, -0.25) is 9.48 Å². The van der Waals surface area contributed by atoms with Crippen LogP contribution in [0.4, 0.5) is 5.69 Å². The number of hydrogen-bond donors (Lipinski definition) is 2. The Morgan fingerprint density at radius 2 is 1.96 bits per heavy atom. The van der Waals surface area contributed by atoms with Crippen molar-refractivity contribution in [2.24, 2.45) is 0 Å². The molecule has 6 nitrogen and oxygen atoms in total. The molecule has 0 radical (unpaired) electrons. The van der Waals surface area contributed by atoms with Crippen LogP contribution in [0, 0.1) is 0 Å². The molecule has 0 aliphatic carbocycles. The summed E-state index contributed by atoms with van der Waals surface area (Å²) in [6.07, 6.45) is 6.83. The fraction of sp³-hybridized carbons (Fsp3) is 0.278. The maximum atomic E-state index is 13.1. The second-order valence-electron chi connectivity index (χ2n) is 6.10. The number of nitrogens with one attached hydrogen (secondary N) is 2. The highest BCUT2D eigenvalue weighted by Gasteiger charge is 2.42. The van der Waals surface area contributed by atoms with Gasteiger partial charge < -0.3 is 10.6 Å². The molecule has 2 aromatic heterocycles. The maximum Gasteiger partial charge on any atom is 0.252 e. The van der Waals surface area contributed by atoms with Crippen LogP contribution in [0.15, 0.2) is 54.3 Å². The first kappa shape index (κ1) is 18.6. The highest BCUT2D eigenvalue weighted by molar-refractivity contribution is 7.13. The van der Waals surface area contributed by atoms with Gasteiger partial charge in [-0.15, -0.1) is 23.7 Å². The Kier molecular flexibility index (Phi) is 5.70. The normalized spacial score (nSPS) is 15.8. The first-order valence-electron chi connectivity index (χ1n) is 8.30. The topological polar surface area (TPSA) is 71.8 Å². The smallest absolute Gasteiger partial charge is 0.252 e. The second-order valence-corrected chi connectivity index (χ2v) is 7.00. The molecule has 1 fully saturated rings. The lowest BCUT2D eigenvalue weighted by molar-refractivity contribution is -0.126. The van der Waals surface area contributed by atoms with E-state index >= 15 is 0 Å². The number of aromatic nitrogens is 3. The third kappa shape index (κ3) is 3.51. The number of nitrogens with zero attached hydrogens (tertiary/aromatic N) is 3. The lowest BCUT2D eigenvalue weighted by Crippen LogP contribution is -2.52. The molecule has 0 spiro atoms. The molecule has 1 aliphatic rings. The van der Waals surface area contributed by atoms with Gasteiger partial charge in [-0.05, 0) is 56.3 Å². The zero-order valence-electron chi connectivity index (χ0n) is 14.1. The average Bonchev–Trinajstić information content (AvgIpc) is 3.37. The summed E-state index contributed by atoms with van der Waals surface area (Å²) in [7, 11) is 0. The summed E-state index contributed by atoms with van der Waals surface area (Å²) in [6, 6.07) is 9.67. The number of hydrogen-bond acceptors (Lipinski definition) is 5. The van der Waals surface area contributed by atoms with Crippen molar-refractivity contribution in [2.45, 2.75) is 18.4 Å². The zero-order valence-corrected chi connectivity index (χ0v) is 15.7. The largest absolute Gasteiger partial charge is 0.324 e. The number of halogens is 1. The first-order valence-corrected chi connectivity index (χ1v) is 9.18. The molecule has 3 heterocycles. The molecule has 2 N–H and O–H groups in total. The van der Waals surface area contributed by atoms with Crippen molar-refractivity contribution < 1.29 is 4.79 Å². The third-order valence-electron chi connectivity index (χ3n) is 4.62. The van der Waals surface area contributed by atoms with E-state index in [4.69, 9.17) is 0 Å². The Labute approximate surface area is 162 Å². The van der Waals surface area contributed by atoms with Gasteiger partial charge in [0.25, 0.3) is 5.91 Å². The van der Waals surface area contributed by atoms with Crippen LogP contribution in [0.3, 0.4) is 0 Å². The predicted molar refractivity (Wildman–Crippen MR) is 106 cm³/mol. The van der Waals surface area contributed by atoms with Gasteiger partial charge in [-0.1, -0.05) is 0 Å². The Morgan fingerprint density at radius 1 is 1.19 bits per heavy atom. The highest BCUT2D eigenvalue weighted by atomic mass is 35.5. The van der Waals surface area contributed by atoms with E-state index in [1.807, 2.05) is 41.9 Å². The van der Waals surface area contributed by atoms with Crippen LogP contribution in [0.1, 0.15) is 12.8 Å². The van der Waals surface area contributed by atoms with E-state index < -0.39 is 5.54 Å². The number of benzene rings is 1. The van der Waals surface area contributed by atoms with Crippen LogP contribution in [0.5, 0.6) is 0 Å². The molecular formula is C18H20ClN5OS. The summed E-state index contributed by atoms with van der Waals surface area (Å²) in [6.45, 7) is 1.60. The van der Waals surface area contributed by atoms with Crippen molar-refractivity contribution in [2.75, 3.05) is 18.4 Å². The summed E-state index contributed by atoms with van der Waals surface area (Å²) < 4.78 is 1.80. The molecule has 1 aliphatic heterocycles. The van der Waals surface area contributed by atoms with E-state index in [2.05, 4.69) is 20.7 Å². The van der Waals surface area contributed by atoms with Crippen molar-refractivity contribution in [1.82, 2.24) is 20.1 Å². The lowest BCUT2D eigenvalue weighted by atomic mass is 9.87. The molecule has 0 saturated carbocycles. The Hall–Kier alpha value is -2.22. The van der Waals surface area contributed by atoms with Gasteiger partial charge in [0, 0.05) is 35.2 Å². The zero-order chi connectivity index (χ0) is 17.1. The lowest BCUT2D eigenvalue weighted by Gasteiger charge is -2.36. The van der Waals surface area contributed by atoms with E-state index in [0.717, 1.165) is 42.2 Å². The molecule has 0 bridgehead atoms. The van der Waals surface area contributed by atoms with E-state index in [1.165, 1.54) is 0 Å². The minimum Gasteiger partial charge on any atom is -0.324 e. The van der Waals surface area contributed by atoms with Crippen LogP contribution in [-0.2, 0) is 10.3 Å². The minimum absolute atomic E-state index is 0. The Morgan fingerprint density at radius 3 is 2.58 bits per heavy atom. The molecule has 0 unspecified atom stereocenters. The third-order valence-corrected chi connectivity index (χ3v) is 5.44. The van der Waals surface area contributed by atoms with Crippen LogP contribution in [0.2, 0.25) is 0 Å². The maximum absolute atomic E-state index is 13.1. The fourth-order valence-corrected chi connectivity index (χ4v) is 3.88. The molecule has 8 heteroatoms. The van der Waals surface area contributed by atoms with Gasteiger partial charge in [-0.2, -0.15) is 5.10 Å². The summed E-state index contributed by atoms with van der Waals surface area (Å²) in [5, 5.41) is 13.7. The summed E-state index contributed by atoms with van der Waals surface area (Å²) >= 11 is 1.60. The van der Waals surface area contributed by atoms with Gasteiger partial charge >= 0.3 is 0 Å². The quantitative estimate of drug-likeness (QED) is 0.719. The van der Waals surface area contributed by atoms with E-state index in [0.29, 0.717) is 0 Å². The number of carbonyl (C=O) groups excluding carboxylic acids is 1. The standard InChI is InChI=1S/C18H19N5OS.ClH/c24-17(18(6-9-19-10-7-18)23-12-1-8-21-23)22-15-4-2-14(3-5-15)16-20-11-13-25-16;/h1-5,8,11-13,19H,6-7,9-10H2,(H,22,24);1H. The summed E-state index contributed by atoms with van der Waals surface area (Å²) in [5.41, 5.74) is 1.20. The molecule has 1 saturated heterocycles. The van der Waals surface area contributed by atoms with E-state index in [-0.39, 0.29) is 18.3 Å². The van der Waals surface area contributed by atoms with Crippen LogP contribution in [0.25, 0.3) is 10.6 Å². The molecular weight excluding hydrogens is 370 g/mol. The molecule has 136 valence electrons. The van der Waals surface area contributed by atoms with Crippen LogP contribution >= 0.6 is 23.7 Å². The van der Waals surface area contributed by atoms with Gasteiger partial charge in [0.05, 0.1) is 0 Å². The van der Waals surface area contributed by atoms with Gasteiger partial charge in [0.1, 0.15) is 10.5 Å². The Balaban J connectivity index is 0.00000196. The molecule has 26 heavy (non-hydrogen) atoms. The molecule has 0 atom stereocenters. The predicted octanol–water partition coefficient (Wildman–Crippen LogP) is 3.15. The van der Waals surface area contributed by atoms with E-state index in [1.54, 1.807) is 28.4 Å². The van der Waals surface area contributed by atoms with Crippen LogP contribution in [-0.4, -0.2) is 33.8 Å². The fourth-order valence-electron chi connectivity index (χ4n) is 3.23. The second kappa shape index (κ2) is 7.99. The summed E-state index contributed by atoms with van der Waals surface area (Å²) in [5.74, 6) is -0.0142. The van der Waals surface area contributed by atoms with Gasteiger partial charge in [0.2, 0.25) is 0 Å². The van der Waals surface area contributed by atoms with Crippen LogP contribution < -0.4 is 10.6 Å². The molecule has 1 amide bonds. The molecule has 4 rings (SSSR count). The number of amides is 1. The summed E-state index contributed by atoms with van der Waals surface area (Å²) in [4.78, 5) is 17.4. The van der Waals surface area contributed by atoms with Crippen molar-refractivity contribution in [3.63, 3.8) is 0 Å². The molecule has 3 aromatic rings. The number of carbonyl (C=O) groups is 1. The Bertz CT molecular complexity index is 827. The van der Waals surface area contributed by atoms with Crippen molar-refractivity contribution in [3.8, 4) is 10.6 Å². The number of thiazole rings is 1. The SMILES string of the molecule is Cl.O=C(Nc1ccc(-c2nccs2)cc1)C1(n2cccn2)CCNCC1. The average molecular weight is 390 g/mol. The number of piperidine rings is 1. The minimum atomic E-state index is -0.636. The van der Waals surface area contributed by atoms with Crippen molar-refractivity contribution >= 4 is 35.3 Å². The highest BCUT2D eigenvalue weighted by Crippen LogP contribution is 2.29. The van der Waals surface area contributed by atoms with E-state index in [9.17, 15) is 4.79 Å². The monoisotopic (exact) mass is 389 g/mol. The number of rotatable bonds is 4. The van der Waals surface area contributed by atoms with Crippen molar-refractivity contribution in [3.05, 3.63) is 54.3 Å². The van der Waals surface area contributed by atoms with Gasteiger partial charge in [-0.25, -0.2) is 4.98 Å².